The molecule has 2 amide bonds. The van der Waals surface area contributed by atoms with E-state index in [1.807, 2.05) is 39.2 Å². The summed E-state index contributed by atoms with van der Waals surface area (Å²) in [6.07, 6.45) is 1.39. The standard InChI is InChI=1S/C24H28Cl2N6O3/c1-6-32(24(33)30-23-21(25)17(34-4)11-18(35-5)22(23)26)20-12-19(27-14-28-20)29-16-9-7-8-15(10-16)13-31(2)3/h7-12,14H,6,13H2,1-5H3,(H,30,33)(H,27,28,29). The summed E-state index contributed by atoms with van der Waals surface area (Å²) in [6.45, 7) is 2.97. The van der Waals surface area contributed by atoms with Crippen molar-refractivity contribution in [3.8, 4) is 11.5 Å². The first-order chi connectivity index (χ1) is 16.8. The number of amides is 2. The number of carbonyl (C=O) groups is 1. The van der Waals surface area contributed by atoms with Crippen LogP contribution in [0.15, 0.2) is 42.7 Å². The highest BCUT2D eigenvalue weighted by molar-refractivity contribution is 6.41. The molecule has 1 heterocycles. The number of ether oxygens (including phenoxy) is 2. The molecule has 9 nitrogen and oxygen atoms in total. The molecule has 35 heavy (non-hydrogen) atoms. The molecule has 0 aliphatic heterocycles. The van der Waals surface area contributed by atoms with Gasteiger partial charge >= 0.3 is 6.03 Å². The number of urea groups is 1. The molecule has 1 aromatic heterocycles. The van der Waals surface area contributed by atoms with Gasteiger partial charge in [0.15, 0.2) is 0 Å². The Bertz CT molecular complexity index is 1160. The van der Waals surface area contributed by atoms with Crippen LogP contribution in [-0.4, -0.2) is 55.8 Å². The highest BCUT2D eigenvalue weighted by atomic mass is 35.5. The van der Waals surface area contributed by atoms with E-state index in [2.05, 4.69) is 31.6 Å². The Kier molecular flexibility index (Phi) is 8.97. The normalized spacial score (nSPS) is 10.7. The third-order valence-corrected chi connectivity index (χ3v) is 5.74. The number of aromatic nitrogens is 2. The van der Waals surface area contributed by atoms with Gasteiger partial charge in [0.05, 0.1) is 19.9 Å². The van der Waals surface area contributed by atoms with E-state index in [-0.39, 0.29) is 15.7 Å². The maximum Gasteiger partial charge on any atom is 0.327 e. The fourth-order valence-electron chi connectivity index (χ4n) is 3.40. The van der Waals surface area contributed by atoms with Crippen LogP contribution in [0.4, 0.5) is 27.8 Å². The summed E-state index contributed by atoms with van der Waals surface area (Å²) >= 11 is 12.8. The van der Waals surface area contributed by atoms with Crippen LogP contribution < -0.4 is 25.0 Å². The molecule has 0 aliphatic carbocycles. The molecule has 2 N–H and O–H groups in total. The molecule has 3 aromatic rings. The van der Waals surface area contributed by atoms with E-state index in [0.29, 0.717) is 29.7 Å². The van der Waals surface area contributed by atoms with E-state index in [4.69, 9.17) is 32.7 Å². The Morgan fingerprint density at radius 3 is 2.31 bits per heavy atom. The Balaban J connectivity index is 1.84. The maximum absolute atomic E-state index is 13.2. The monoisotopic (exact) mass is 518 g/mol. The molecule has 11 heteroatoms. The maximum atomic E-state index is 13.2. The van der Waals surface area contributed by atoms with Gasteiger partial charge in [-0.3, -0.25) is 4.90 Å². The van der Waals surface area contributed by atoms with Crippen molar-refractivity contribution in [2.45, 2.75) is 13.5 Å². The van der Waals surface area contributed by atoms with Crippen molar-refractivity contribution in [2.75, 3.05) is 50.4 Å². The van der Waals surface area contributed by atoms with Gasteiger partial charge in [-0.2, -0.15) is 0 Å². The van der Waals surface area contributed by atoms with Crippen LogP contribution in [0.1, 0.15) is 12.5 Å². The lowest BCUT2D eigenvalue weighted by atomic mass is 10.2. The fraction of sp³-hybridized carbons (Fsp3) is 0.292. The molecule has 0 radical (unpaired) electrons. The Hall–Kier alpha value is -3.27. The van der Waals surface area contributed by atoms with Crippen LogP contribution in [0.5, 0.6) is 11.5 Å². The SMILES string of the molecule is CCN(C(=O)Nc1c(Cl)c(OC)cc(OC)c1Cl)c1cc(Nc2cccc(CN(C)C)c2)ncn1. The number of rotatable bonds is 9. The van der Waals surface area contributed by atoms with Crippen molar-refractivity contribution in [3.05, 3.63) is 58.3 Å². The molecule has 0 spiro atoms. The Morgan fingerprint density at radius 2 is 1.71 bits per heavy atom. The second-order valence-electron chi connectivity index (χ2n) is 7.78. The third-order valence-electron chi connectivity index (χ3n) is 4.99. The summed E-state index contributed by atoms with van der Waals surface area (Å²) in [5.74, 6) is 1.57. The fourth-order valence-corrected chi connectivity index (χ4v) is 4.00. The molecular weight excluding hydrogens is 491 g/mol. The predicted octanol–water partition coefficient (Wildman–Crippen LogP) is 5.66. The summed E-state index contributed by atoms with van der Waals surface area (Å²) in [5, 5.41) is 6.34. The summed E-state index contributed by atoms with van der Waals surface area (Å²) in [6, 6.07) is 10.8. The zero-order chi connectivity index (χ0) is 25.5. The van der Waals surface area contributed by atoms with Crippen molar-refractivity contribution >= 4 is 52.2 Å². The highest BCUT2D eigenvalue weighted by Gasteiger charge is 2.23. The first-order valence-corrected chi connectivity index (χ1v) is 11.5. The number of methoxy groups -OCH3 is 2. The molecule has 0 aliphatic rings. The highest BCUT2D eigenvalue weighted by Crippen LogP contribution is 2.44. The number of benzene rings is 2. The second kappa shape index (κ2) is 11.9. The number of carbonyl (C=O) groups excluding carboxylic acids is 1. The minimum Gasteiger partial charge on any atom is -0.495 e. The minimum atomic E-state index is -0.482. The van der Waals surface area contributed by atoms with Gasteiger partial charge in [0, 0.05) is 30.9 Å². The van der Waals surface area contributed by atoms with Gasteiger partial charge in [0.25, 0.3) is 0 Å². The molecule has 0 fully saturated rings. The van der Waals surface area contributed by atoms with E-state index in [1.165, 1.54) is 25.4 Å². The van der Waals surface area contributed by atoms with E-state index in [0.717, 1.165) is 17.8 Å². The summed E-state index contributed by atoms with van der Waals surface area (Å²) < 4.78 is 10.5. The number of halogens is 2. The largest absolute Gasteiger partial charge is 0.495 e. The topological polar surface area (TPSA) is 91.9 Å². The van der Waals surface area contributed by atoms with E-state index >= 15 is 0 Å². The molecule has 3 rings (SSSR count). The van der Waals surface area contributed by atoms with Gasteiger partial charge in [-0.15, -0.1) is 0 Å². The minimum absolute atomic E-state index is 0.158. The van der Waals surface area contributed by atoms with E-state index < -0.39 is 6.03 Å². The third kappa shape index (κ3) is 6.45. The van der Waals surface area contributed by atoms with Crippen molar-refractivity contribution in [3.63, 3.8) is 0 Å². The number of nitrogens with zero attached hydrogens (tertiary/aromatic N) is 4. The zero-order valence-electron chi connectivity index (χ0n) is 20.2. The van der Waals surface area contributed by atoms with Crippen LogP contribution in [0.3, 0.4) is 0 Å². The van der Waals surface area contributed by atoms with Crippen molar-refractivity contribution in [1.29, 1.82) is 0 Å². The Labute approximate surface area is 215 Å². The lowest BCUT2D eigenvalue weighted by molar-refractivity contribution is 0.257. The van der Waals surface area contributed by atoms with Crippen LogP contribution in [0.25, 0.3) is 0 Å². The van der Waals surface area contributed by atoms with Gasteiger partial charge in [0.2, 0.25) is 0 Å². The zero-order valence-corrected chi connectivity index (χ0v) is 21.7. The van der Waals surface area contributed by atoms with Gasteiger partial charge < -0.3 is 25.0 Å². The predicted molar refractivity (Wildman–Crippen MR) is 141 cm³/mol. The second-order valence-corrected chi connectivity index (χ2v) is 8.54. The summed E-state index contributed by atoms with van der Waals surface area (Å²) in [4.78, 5) is 25.3. The van der Waals surface area contributed by atoms with Gasteiger partial charge in [-0.1, -0.05) is 35.3 Å². The van der Waals surface area contributed by atoms with Crippen LogP contribution in [0, 0.1) is 0 Å². The number of hydrogen-bond donors (Lipinski definition) is 2. The van der Waals surface area contributed by atoms with Crippen molar-refractivity contribution in [2.24, 2.45) is 0 Å². The lowest BCUT2D eigenvalue weighted by Crippen LogP contribution is -2.35. The van der Waals surface area contributed by atoms with Crippen molar-refractivity contribution < 1.29 is 14.3 Å². The van der Waals surface area contributed by atoms with Crippen LogP contribution >= 0.6 is 23.2 Å². The van der Waals surface area contributed by atoms with Crippen molar-refractivity contribution in [1.82, 2.24) is 14.9 Å². The average Bonchev–Trinajstić information content (AvgIpc) is 2.82. The molecule has 0 atom stereocenters. The molecule has 186 valence electrons. The molecule has 2 aromatic carbocycles. The smallest absolute Gasteiger partial charge is 0.327 e. The van der Waals surface area contributed by atoms with Gasteiger partial charge in [-0.05, 0) is 38.7 Å². The molecule has 0 unspecified atom stereocenters. The van der Waals surface area contributed by atoms with Crippen LogP contribution in [0.2, 0.25) is 10.0 Å². The first-order valence-electron chi connectivity index (χ1n) is 10.8. The van der Waals surface area contributed by atoms with E-state index in [9.17, 15) is 4.79 Å². The average molecular weight is 519 g/mol. The summed E-state index contributed by atoms with van der Waals surface area (Å²) in [7, 11) is 6.96. The number of anilines is 4. The van der Waals surface area contributed by atoms with E-state index in [1.54, 1.807) is 12.1 Å². The molecule has 0 saturated heterocycles. The quantitative estimate of drug-likeness (QED) is 0.377. The molecule has 0 saturated carbocycles. The number of nitrogens with one attached hydrogen (secondary N) is 2. The van der Waals surface area contributed by atoms with Crippen LogP contribution in [-0.2, 0) is 6.54 Å². The Morgan fingerprint density at radius 1 is 1.03 bits per heavy atom. The molecule has 0 bridgehead atoms. The molecular formula is C24H28Cl2N6O3. The lowest BCUT2D eigenvalue weighted by Gasteiger charge is -2.22. The first kappa shape index (κ1) is 26.3. The van der Waals surface area contributed by atoms with Gasteiger partial charge in [-0.25, -0.2) is 14.8 Å². The van der Waals surface area contributed by atoms with Gasteiger partial charge in [0.1, 0.15) is 39.5 Å². The number of hydrogen-bond acceptors (Lipinski definition) is 7. The summed E-state index contributed by atoms with van der Waals surface area (Å²) in [5.41, 5.74) is 2.22.